The van der Waals surface area contributed by atoms with Crippen LogP contribution in [0.15, 0.2) is 0 Å². The highest BCUT2D eigenvalue weighted by Crippen LogP contribution is 2.09. The van der Waals surface area contributed by atoms with Gasteiger partial charge in [0.15, 0.2) is 0 Å². The maximum atomic E-state index is 7.64. The van der Waals surface area contributed by atoms with Crippen LogP contribution in [0.4, 0.5) is 0 Å². The van der Waals surface area contributed by atoms with E-state index in [1.165, 1.54) is 0 Å². The fourth-order valence-corrected chi connectivity index (χ4v) is 1.65. The molecule has 82 valence electrons. The summed E-state index contributed by atoms with van der Waals surface area (Å²) in [6, 6.07) is 0. The predicted molar refractivity (Wildman–Crippen MR) is 58.8 cm³/mol. The molecule has 1 aliphatic rings. The highest BCUT2D eigenvalue weighted by Gasteiger charge is 2.15. The standard InChI is InChI=1S/C11H22N2O/c1-10(2)9-14-8-4-7-13-6-3-5-11(13)12/h10,12H,3-9H2,1-2H3. The molecule has 0 amide bonds. The highest BCUT2D eigenvalue weighted by molar-refractivity contribution is 5.80. The first-order valence-electron chi connectivity index (χ1n) is 5.60. The lowest BCUT2D eigenvalue weighted by Crippen LogP contribution is -2.26. The summed E-state index contributed by atoms with van der Waals surface area (Å²) >= 11 is 0. The van der Waals surface area contributed by atoms with Gasteiger partial charge in [-0.3, -0.25) is 5.41 Å². The Morgan fingerprint density at radius 1 is 1.50 bits per heavy atom. The number of nitrogens with zero attached hydrogens (tertiary/aromatic N) is 1. The molecule has 1 fully saturated rings. The lowest BCUT2D eigenvalue weighted by molar-refractivity contribution is 0.104. The summed E-state index contributed by atoms with van der Waals surface area (Å²) in [4.78, 5) is 2.17. The molecule has 0 radical (unpaired) electrons. The Bertz CT molecular complexity index is 180. The van der Waals surface area contributed by atoms with Crippen LogP contribution in [0.2, 0.25) is 0 Å². The van der Waals surface area contributed by atoms with Crippen molar-refractivity contribution in [1.82, 2.24) is 4.90 Å². The second-order valence-corrected chi connectivity index (χ2v) is 4.36. The summed E-state index contributed by atoms with van der Waals surface area (Å²) in [5.74, 6) is 1.44. The van der Waals surface area contributed by atoms with Gasteiger partial charge in [0.1, 0.15) is 0 Å². The zero-order valence-corrected chi connectivity index (χ0v) is 9.38. The molecule has 0 aromatic carbocycles. The van der Waals surface area contributed by atoms with E-state index in [4.69, 9.17) is 10.1 Å². The van der Waals surface area contributed by atoms with Crippen molar-refractivity contribution in [3.05, 3.63) is 0 Å². The van der Waals surface area contributed by atoms with Gasteiger partial charge in [-0.2, -0.15) is 0 Å². The van der Waals surface area contributed by atoms with Crippen LogP contribution in [0, 0.1) is 11.3 Å². The number of amidine groups is 1. The van der Waals surface area contributed by atoms with Crippen molar-refractivity contribution < 1.29 is 4.74 Å². The molecule has 3 nitrogen and oxygen atoms in total. The van der Waals surface area contributed by atoms with Crippen LogP contribution in [-0.4, -0.2) is 37.0 Å². The second kappa shape index (κ2) is 6.02. The van der Waals surface area contributed by atoms with Crippen LogP contribution < -0.4 is 0 Å². The summed E-state index contributed by atoms with van der Waals surface area (Å²) in [6.07, 6.45) is 3.17. The quantitative estimate of drug-likeness (QED) is 0.664. The van der Waals surface area contributed by atoms with Crippen molar-refractivity contribution in [1.29, 1.82) is 5.41 Å². The topological polar surface area (TPSA) is 36.3 Å². The molecule has 1 saturated heterocycles. The molecule has 0 spiro atoms. The van der Waals surface area contributed by atoms with Gasteiger partial charge in [-0.1, -0.05) is 13.8 Å². The molecule has 0 atom stereocenters. The monoisotopic (exact) mass is 198 g/mol. The third kappa shape index (κ3) is 4.09. The Morgan fingerprint density at radius 3 is 2.86 bits per heavy atom. The van der Waals surface area contributed by atoms with E-state index in [0.29, 0.717) is 5.92 Å². The zero-order valence-electron chi connectivity index (χ0n) is 9.38. The number of rotatable bonds is 6. The Balaban J connectivity index is 1.96. The minimum Gasteiger partial charge on any atom is -0.381 e. The van der Waals surface area contributed by atoms with E-state index in [1.54, 1.807) is 0 Å². The average Bonchev–Trinajstić information content (AvgIpc) is 2.51. The van der Waals surface area contributed by atoms with Gasteiger partial charge in [0, 0.05) is 32.7 Å². The van der Waals surface area contributed by atoms with Crippen LogP contribution in [0.25, 0.3) is 0 Å². The number of ether oxygens (including phenoxy) is 1. The van der Waals surface area contributed by atoms with E-state index in [-0.39, 0.29) is 0 Å². The van der Waals surface area contributed by atoms with E-state index in [9.17, 15) is 0 Å². The summed E-state index contributed by atoms with van der Waals surface area (Å²) < 4.78 is 5.49. The molecule has 1 heterocycles. The molecule has 1 rings (SSSR count). The van der Waals surface area contributed by atoms with Crippen LogP contribution in [0.5, 0.6) is 0 Å². The molecular formula is C11H22N2O. The fourth-order valence-electron chi connectivity index (χ4n) is 1.65. The van der Waals surface area contributed by atoms with Crippen molar-refractivity contribution in [3.8, 4) is 0 Å². The fraction of sp³-hybridized carbons (Fsp3) is 0.909. The van der Waals surface area contributed by atoms with Crippen LogP contribution in [0.1, 0.15) is 33.1 Å². The predicted octanol–water partition coefficient (Wildman–Crippen LogP) is 2.12. The van der Waals surface area contributed by atoms with Gasteiger partial charge >= 0.3 is 0 Å². The molecule has 14 heavy (non-hydrogen) atoms. The highest BCUT2D eigenvalue weighted by atomic mass is 16.5. The molecular weight excluding hydrogens is 176 g/mol. The van der Waals surface area contributed by atoms with Gasteiger partial charge in [-0.05, 0) is 18.8 Å². The Hall–Kier alpha value is -0.570. The third-order valence-electron chi connectivity index (χ3n) is 2.39. The van der Waals surface area contributed by atoms with Gasteiger partial charge in [0.25, 0.3) is 0 Å². The van der Waals surface area contributed by atoms with Crippen LogP contribution in [0.3, 0.4) is 0 Å². The summed E-state index contributed by atoms with van der Waals surface area (Å²) in [5, 5.41) is 7.64. The number of nitrogens with one attached hydrogen (secondary N) is 1. The minimum absolute atomic E-state index is 0.625. The van der Waals surface area contributed by atoms with Crippen LogP contribution >= 0.6 is 0 Å². The van der Waals surface area contributed by atoms with Gasteiger partial charge in [0.2, 0.25) is 0 Å². The van der Waals surface area contributed by atoms with E-state index in [0.717, 1.165) is 51.4 Å². The van der Waals surface area contributed by atoms with Crippen LogP contribution in [-0.2, 0) is 4.74 Å². The SMILES string of the molecule is CC(C)COCCCN1CCCC1=N. The van der Waals surface area contributed by atoms with Gasteiger partial charge in [-0.25, -0.2) is 0 Å². The Morgan fingerprint density at radius 2 is 2.29 bits per heavy atom. The molecule has 1 N–H and O–H groups in total. The molecule has 3 heteroatoms. The lowest BCUT2D eigenvalue weighted by Gasteiger charge is -2.17. The van der Waals surface area contributed by atoms with Gasteiger partial charge in [0.05, 0.1) is 5.84 Å². The lowest BCUT2D eigenvalue weighted by atomic mass is 10.2. The van der Waals surface area contributed by atoms with Crippen molar-refractivity contribution in [3.63, 3.8) is 0 Å². The molecule has 0 aromatic heterocycles. The van der Waals surface area contributed by atoms with Crippen molar-refractivity contribution in [2.24, 2.45) is 5.92 Å². The summed E-state index contributed by atoms with van der Waals surface area (Å²) in [5.41, 5.74) is 0. The normalized spacial score (nSPS) is 17.1. The number of hydrogen-bond donors (Lipinski definition) is 1. The smallest absolute Gasteiger partial charge is 0.0958 e. The summed E-state index contributed by atoms with van der Waals surface area (Å²) in [6.45, 7) is 8.09. The van der Waals surface area contributed by atoms with Crippen molar-refractivity contribution in [2.45, 2.75) is 33.1 Å². The van der Waals surface area contributed by atoms with E-state index >= 15 is 0 Å². The zero-order chi connectivity index (χ0) is 10.4. The van der Waals surface area contributed by atoms with E-state index in [1.807, 2.05) is 0 Å². The first-order valence-corrected chi connectivity index (χ1v) is 5.60. The maximum absolute atomic E-state index is 7.64. The van der Waals surface area contributed by atoms with Crippen molar-refractivity contribution in [2.75, 3.05) is 26.3 Å². The summed E-state index contributed by atoms with van der Waals surface area (Å²) in [7, 11) is 0. The second-order valence-electron chi connectivity index (χ2n) is 4.36. The minimum atomic E-state index is 0.625. The molecule has 0 bridgehead atoms. The first-order chi connectivity index (χ1) is 6.70. The molecule has 0 unspecified atom stereocenters. The number of likely N-dealkylation sites (tertiary alicyclic amines) is 1. The first kappa shape index (κ1) is 11.5. The van der Waals surface area contributed by atoms with E-state index < -0.39 is 0 Å². The van der Waals surface area contributed by atoms with Crippen molar-refractivity contribution >= 4 is 5.84 Å². The van der Waals surface area contributed by atoms with Gasteiger partial charge in [-0.15, -0.1) is 0 Å². The molecule has 0 aliphatic carbocycles. The van der Waals surface area contributed by atoms with Gasteiger partial charge < -0.3 is 9.64 Å². The average molecular weight is 198 g/mol. The Labute approximate surface area is 86.9 Å². The third-order valence-corrected chi connectivity index (χ3v) is 2.39. The molecule has 1 aliphatic heterocycles. The maximum Gasteiger partial charge on any atom is 0.0958 e. The molecule has 0 aromatic rings. The molecule has 0 saturated carbocycles. The largest absolute Gasteiger partial charge is 0.381 e. The number of hydrogen-bond acceptors (Lipinski definition) is 2. The Kier molecular flexibility index (Phi) is 4.94. The van der Waals surface area contributed by atoms with E-state index in [2.05, 4.69) is 18.7 Å².